The van der Waals surface area contributed by atoms with Gasteiger partial charge in [0.2, 0.25) is 0 Å². The van der Waals surface area contributed by atoms with Crippen molar-refractivity contribution in [3.05, 3.63) is 30.0 Å². The molecule has 1 aromatic carbocycles. The van der Waals surface area contributed by atoms with Crippen LogP contribution in [0.4, 0.5) is 0 Å². The predicted molar refractivity (Wildman–Crippen MR) is 76.3 cm³/mol. The van der Waals surface area contributed by atoms with E-state index < -0.39 is 0 Å². The topological polar surface area (TPSA) is 40.2 Å². The monoisotopic (exact) mass is 246 g/mol. The van der Waals surface area contributed by atoms with Crippen LogP contribution in [0.1, 0.15) is 31.9 Å². The van der Waals surface area contributed by atoms with Crippen molar-refractivity contribution in [3.63, 3.8) is 0 Å². The molecule has 0 amide bonds. The maximum absolute atomic E-state index is 5.62. The second kappa shape index (κ2) is 5.44. The molecule has 0 unspecified atom stereocenters. The lowest BCUT2D eigenvalue weighted by molar-refractivity contribution is 0.419. The highest BCUT2D eigenvalue weighted by Crippen LogP contribution is 2.32. The molecule has 2 N–H and O–H groups in total. The molecule has 0 radical (unpaired) electrons. The van der Waals surface area contributed by atoms with E-state index in [9.17, 15) is 0 Å². The number of fused-ring (bicyclic) bond motifs is 1. The van der Waals surface area contributed by atoms with Crippen molar-refractivity contribution in [1.29, 1.82) is 0 Å². The Hall–Kier alpha value is -1.48. The fraction of sp³-hybridized carbons (Fsp3) is 0.467. The van der Waals surface area contributed by atoms with Crippen LogP contribution in [-0.2, 0) is 6.42 Å². The third-order valence-corrected chi connectivity index (χ3v) is 3.32. The van der Waals surface area contributed by atoms with E-state index in [2.05, 4.69) is 30.7 Å². The molecule has 0 saturated carbocycles. The van der Waals surface area contributed by atoms with Gasteiger partial charge in [-0.15, -0.1) is 0 Å². The average molecular weight is 246 g/mol. The van der Waals surface area contributed by atoms with Gasteiger partial charge >= 0.3 is 0 Å². The Morgan fingerprint density at radius 3 is 2.72 bits per heavy atom. The summed E-state index contributed by atoms with van der Waals surface area (Å²) in [6.07, 6.45) is 4.26. The summed E-state index contributed by atoms with van der Waals surface area (Å²) in [6.45, 7) is 5.13. The van der Waals surface area contributed by atoms with Crippen molar-refractivity contribution in [1.82, 2.24) is 4.57 Å². The number of aryl methyl sites for hydroxylation is 1. The molecule has 0 saturated heterocycles. The molecule has 0 bridgehead atoms. The zero-order valence-electron chi connectivity index (χ0n) is 11.4. The molecule has 0 aliphatic heterocycles. The molecule has 0 fully saturated rings. The van der Waals surface area contributed by atoms with Gasteiger partial charge in [0.1, 0.15) is 5.75 Å². The molecule has 0 aliphatic rings. The number of nitrogens with zero attached hydrogens (tertiary/aromatic N) is 1. The number of methoxy groups -OCH3 is 1. The third kappa shape index (κ3) is 2.23. The molecule has 1 heterocycles. The molecule has 0 aliphatic carbocycles. The fourth-order valence-electron chi connectivity index (χ4n) is 2.44. The lowest BCUT2D eigenvalue weighted by atomic mass is 10.1. The van der Waals surface area contributed by atoms with Crippen LogP contribution in [0.15, 0.2) is 24.4 Å². The summed E-state index contributed by atoms with van der Waals surface area (Å²) >= 11 is 0. The summed E-state index contributed by atoms with van der Waals surface area (Å²) in [4.78, 5) is 0. The first-order valence-corrected chi connectivity index (χ1v) is 6.55. The van der Waals surface area contributed by atoms with E-state index in [1.807, 2.05) is 12.1 Å². The Morgan fingerprint density at radius 2 is 2.11 bits per heavy atom. The SMILES string of the molecule is COc1cccc2c1c(CCCN)cn2C(C)C. The zero-order chi connectivity index (χ0) is 13.1. The molecule has 98 valence electrons. The van der Waals surface area contributed by atoms with Gasteiger partial charge < -0.3 is 15.0 Å². The summed E-state index contributed by atoms with van der Waals surface area (Å²) < 4.78 is 7.81. The van der Waals surface area contributed by atoms with Crippen molar-refractivity contribution in [2.24, 2.45) is 5.73 Å². The minimum Gasteiger partial charge on any atom is -0.496 e. The summed E-state index contributed by atoms with van der Waals surface area (Å²) in [5, 5.41) is 1.24. The normalized spacial score (nSPS) is 11.4. The quantitative estimate of drug-likeness (QED) is 0.880. The number of benzene rings is 1. The molecule has 3 nitrogen and oxygen atoms in total. The van der Waals surface area contributed by atoms with Crippen molar-refractivity contribution >= 4 is 10.9 Å². The van der Waals surface area contributed by atoms with E-state index >= 15 is 0 Å². The first-order chi connectivity index (χ1) is 8.69. The van der Waals surface area contributed by atoms with Crippen molar-refractivity contribution in [3.8, 4) is 5.75 Å². The highest BCUT2D eigenvalue weighted by molar-refractivity contribution is 5.90. The van der Waals surface area contributed by atoms with Crippen LogP contribution >= 0.6 is 0 Å². The summed E-state index contributed by atoms with van der Waals surface area (Å²) in [5.74, 6) is 0.957. The second-order valence-corrected chi connectivity index (χ2v) is 4.90. The van der Waals surface area contributed by atoms with Gasteiger partial charge in [-0.2, -0.15) is 0 Å². The molecule has 0 spiro atoms. The van der Waals surface area contributed by atoms with E-state index in [0.717, 1.165) is 25.1 Å². The van der Waals surface area contributed by atoms with Gasteiger partial charge in [0, 0.05) is 17.6 Å². The Morgan fingerprint density at radius 1 is 1.33 bits per heavy atom. The van der Waals surface area contributed by atoms with Crippen LogP contribution in [0.5, 0.6) is 5.75 Å². The van der Waals surface area contributed by atoms with Crippen molar-refractivity contribution in [2.45, 2.75) is 32.7 Å². The van der Waals surface area contributed by atoms with E-state index in [1.54, 1.807) is 7.11 Å². The molecular weight excluding hydrogens is 224 g/mol. The Labute approximate surface area is 109 Å². The third-order valence-electron chi connectivity index (χ3n) is 3.32. The van der Waals surface area contributed by atoms with E-state index in [4.69, 9.17) is 10.5 Å². The van der Waals surface area contributed by atoms with Crippen molar-refractivity contribution in [2.75, 3.05) is 13.7 Å². The Kier molecular flexibility index (Phi) is 3.92. The second-order valence-electron chi connectivity index (χ2n) is 4.90. The van der Waals surface area contributed by atoms with Crippen LogP contribution in [0.3, 0.4) is 0 Å². The standard InChI is InChI=1S/C15H22N2O/c1-11(2)17-10-12(6-5-9-16)15-13(17)7-4-8-14(15)18-3/h4,7-8,10-11H,5-6,9,16H2,1-3H3. The highest BCUT2D eigenvalue weighted by Gasteiger charge is 2.13. The van der Waals surface area contributed by atoms with E-state index in [0.29, 0.717) is 6.04 Å². The zero-order valence-corrected chi connectivity index (χ0v) is 11.4. The average Bonchev–Trinajstić information content (AvgIpc) is 2.75. The summed E-state index contributed by atoms with van der Waals surface area (Å²) in [5.41, 5.74) is 8.20. The first-order valence-electron chi connectivity index (χ1n) is 6.55. The Balaban J connectivity index is 2.61. The molecule has 3 heteroatoms. The largest absolute Gasteiger partial charge is 0.496 e. The number of aromatic nitrogens is 1. The minimum atomic E-state index is 0.450. The van der Waals surface area contributed by atoms with Crippen LogP contribution in [0.2, 0.25) is 0 Å². The number of ether oxygens (including phenoxy) is 1. The van der Waals surface area contributed by atoms with Crippen LogP contribution in [0, 0.1) is 0 Å². The van der Waals surface area contributed by atoms with Crippen molar-refractivity contribution < 1.29 is 4.74 Å². The highest BCUT2D eigenvalue weighted by atomic mass is 16.5. The maximum Gasteiger partial charge on any atom is 0.128 e. The Bertz CT molecular complexity index is 529. The molecule has 2 rings (SSSR count). The van der Waals surface area contributed by atoms with Gasteiger partial charge in [-0.3, -0.25) is 0 Å². The molecule has 18 heavy (non-hydrogen) atoms. The van der Waals surface area contributed by atoms with Gasteiger partial charge in [0.05, 0.1) is 12.6 Å². The van der Waals surface area contributed by atoms with E-state index in [1.165, 1.54) is 16.5 Å². The number of nitrogens with two attached hydrogens (primary N) is 1. The molecule has 0 atom stereocenters. The van der Waals surface area contributed by atoms with Gasteiger partial charge in [0.15, 0.2) is 0 Å². The lowest BCUT2D eigenvalue weighted by Gasteiger charge is -2.09. The predicted octanol–water partition coefficient (Wildman–Crippen LogP) is 3.12. The maximum atomic E-state index is 5.62. The molecule has 2 aromatic rings. The number of hydrogen-bond donors (Lipinski definition) is 1. The molecular formula is C15H22N2O. The molecule has 1 aromatic heterocycles. The van der Waals surface area contributed by atoms with Gasteiger partial charge in [0.25, 0.3) is 0 Å². The van der Waals surface area contributed by atoms with Crippen LogP contribution in [0.25, 0.3) is 10.9 Å². The number of hydrogen-bond acceptors (Lipinski definition) is 2. The van der Waals surface area contributed by atoms with E-state index in [-0.39, 0.29) is 0 Å². The smallest absolute Gasteiger partial charge is 0.128 e. The van der Waals surface area contributed by atoms with Gasteiger partial charge in [-0.25, -0.2) is 0 Å². The first kappa shape index (κ1) is 13.0. The fourth-order valence-corrected chi connectivity index (χ4v) is 2.44. The lowest BCUT2D eigenvalue weighted by Crippen LogP contribution is -2.00. The van der Waals surface area contributed by atoms with Gasteiger partial charge in [-0.1, -0.05) is 6.07 Å². The van der Waals surface area contributed by atoms with Crippen LogP contribution in [-0.4, -0.2) is 18.2 Å². The van der Waals surface area contributed by atoms with Crippen LogP contribution < -0.4 is 10.5 Å². The summed E-state index contributed by atoms with van der Waals surface area (Å²) in [7, 11) is 1.73. The van der Waals surface area contributed by atoms with Gasteiger partial charge in [-0.05, 0) is 50.9 Å². The summed E-state index contributed by atoms with van der Waals surface area (Å²) in [6, 6.07) is 6.68. The minimum absolute atomic E-state index is 0.450. The number of rotatable bonds is 5.